The van der Waals surface area contributed by atoms with Crippen molar-refractivity contribution in [3.05, 3.63) is 0 Å². The molecule has 0 saturated heterocycles. The summed E-state index contributed by atoms with van der Waals surface area (Å²) in [6.07, 6.45) is -51.2. The minimum Gasteiger partial charge on any atom is -0.171 e. The summed E-state index contributed by atoms with van der Waals surface area (Å²) < 4.78 is 464. The van der Waals surface area contributed by atoms with Gasteiger partial charge in [-0.15, -0.1) is 0 Å². The van der Waals surface area contributed by atoms with Crippen LogP contribution < -0.4 is 0 Å². The summed E-state index contributed by atoms with van der Waals surface area (Å²) in [5, 5.41) is 0. The van der Waals surface area contributed by atoms with Gasteiger partial charge < -0.3 is 0 Å². The molecule has 0 aliphatic rings. The summed E-state index contributed by atoms with van der Waals surface area (Å²) in [6.45, 7) is 53.4. The van der Waals surface area contributed by atoms with Crippen molar-refractivity contribution in [1.29, 1.82) is 0 Å². The lowest BCUT2D eigenvalue weighted by Gasteiger charge is -2.29. The lowest BCUT2D eigenvalue weighted by Crippen LogP contribution is -2.44. The van der Waals surface area contributed by atoms with Gasteiger partial charge in [0.05, 0.1) is 28.6 Å². The van der Waals surface area contributed by atoms with Crippen molar-refractivity contribution in [3.63, 3.8) is 0 Å². The Labute approximate surface area is 685 Å². The highest BCUT2D eigenvalue weighted by Gasteiger charge is 2.64. The van der Waals surface area contributed by atoms with Crippen LogP contribution in [0.25, 0.3) is 0 Å². The third-order valence-electron chi connectivity index (χ3n) is 15.7. The van der Waals surface area contributed by atoms with Crippen molar-refractivity contribution in [2.75, 3.05) is 0 Å². The SMILES string of the molecule is CC(C)(C(F)(F)F)C(F)(F)F.CC(C)(C)C(F)(F)F.CC(C)C(C)C.CC(C)C(F)(F)F.CCC(C)(C)C(F)(F)F.CCC(C)C.CCC(C)C(F)(F)F.CCC(C)CC.CCCC(C(F)(F)F)C(F)(F)F.CCCCC.CCCCCC(F)(F)F.CCC[C@H](C)C(F)(F)F.C[C@@H](CCC(F)(F)F)C(F)(F)F.[2H]C(C)(C)C.[2H]C(C)(C)C(F)(F)F. The highest BCUT2D eigenvalue weighted by atomic mass is 19.5. The molecule has 0 aliphatic heterocycles. The largest absolute Gasteiger partial charge is 0.402 e. The first-order valence-corrected chi connectivity index (χ1v) is 38.6. The van der Waals surface area contributed by atoms with Crippen molar-refractivity contribution >= 4 is 0 Å². The first-order chi connectivity index (χ1) is 51.7. The van der Waals surface area contributed by atoms with Crippen LogP contribution in [0, 0.1) is 81.3 Å². The summed E-state index contributed by atoms with van der Waals surface area (Å²) in [5.41, 5.74) is -6.71. The molecular weight excluding hydrogens is 1690 g/mol. The van der Waals surface area contributed by atoms with E-state index >= 15 is 0 Å². The highest BCUT2D eigenvalue weighted by Crippen LogP contribution is 2.50. The molecule has 0 aromatic rings. The lowest BCUT2D eigenvalue weighted by atomic mass is 9.90. The van der Waals surface area contributed by atoms with Gasteiger partial charge >= 0.3 is 80.3 Å². The van der Waals surface area contributed by atoms with Crippen molar-refractivity contribution in [3.8, 4) is 0 Å². The van der Waals surface area contributed by atoms with Gasteiger partial charge in [-0.25, -0.2) is 0 Å². The smallest absolute Gasteiger partial charge is 0.171 e. The van der Waals surface area contributed by atoms with E-state index in [9.17, 15) is 171 Å². The molecule has 0 N–H and O–H groups in total. The fourth-order valence-corrected chi connectivity index (χ4v) is 3.75. The van der Waals surface area contributed by atoms with Gasteiger partial charge in [-0.05, 0) is 81.9 Å². The summed E-state index contributed by atoms with van der Waals surface area (Å²) in [6, 6.07) is 0. The molecule has 1 unspecified atom stereocenters. The van der Waals surface area contributed by atoms with Gasteiger partial charge in [0.1, 0.15) is 0 Å². The molecule has 0 radical (unpaired) electrons. The molecule has 0 fully saturated rings. The van der Waals surface area contributed by atoms with Gasteiger partial charge in [-0.3, -0.25) is 0 Å². The normalized spacial score (nSPS) is 13.8. The molecule has 0 rings (SSSR count). The Bertz CT molecular complexity index is 2080. The number of halogens is 39. The molecule has 0 amide bonds. The monoisotopic (exact) mass is 1840 g/mol. The molecule has 0 nitrogen and oxygen atoms in total. The van der Waals surface area contributed by atoms with Gasteiger partial charge in [0.25, 0.3) is 0 Å². The van der Waals surface area contributed by atoms with Crippen LogP contribution in [0.3, 0.4) is 0 Å². The van der Waals surface area contributed by atoms with Crippen molar-refractivity contribution in [1.82, 2.24) is 0 Å². The Kier molecular flexibility index (Phi) is 85.9. The Morgan fingerprint density at radius 2 is 0.508 bits per heavy atom. The molecular formula is C79H149F39. The zero-order chi connectivity index (χ0) is 102. The van der Waals surface area contributed by atoms with Gasteiger partial charge in [0.2, 0.25) is 0 Å². The van der Waals surface area contributed by atoms with E-state index in [4.69, 9.17) is 2.74 Å². The van der Waals surface area contributed by atoms with Crippen molar-refractivity contribution in [2.45, 2.75) is 431 Å². The molecule has 0 aromatic heterocycles. The average Bonchev–Trinajstić information content (AvgIpc) is 0.747. The molecule has 0 aromatic carbocycles. The standard InChI is InChI=1S/2C6H8F6.3C6H11F3.2C6H14.C5H6F6.2C5H9F3.2C5H12.2C4H7F3.C4H10/c1-4(6(10,11)12)2-3-5(7,8)9;1-2-3-4(5(7,8)9)6(10,11)12;1-4-5(2,3)6(7,8)9;1-3-4-5(2)6(7,8)9;1-2-3-4-5-6(7,8)9;1-5(2)6(3)4;1-4-6(3)5-2;1-3(2,4(6,7)8)5(9,10)11;1-4(2,3)5(6,7)8;1-3-4(2)5(6,7)8;1-4-5(2)3;1-3-5-4-2;2*1-3(2)4(5,6)7;1-4(2)3/h2*4H,2-3H2,1H3;4H2,1-3H3;5H,3-4H2,1-2H3;2-5H2,1H3;5-6H,1-4H3;6H,4-5H2,1-3H3;1-2H3;1-3H3;4H,3H2,1-2H3;5H,4H2,1-3H3;3-5H2,1-2H3;2*3H,1-2H3;4H,1-3H3/t4-;;;5-;;;;;;;;;;;/m0..0.........../s1/i;;;;;;;;;;;;3D;;4D. The van der Waals surface area contributed by atoms with Crippen molar-refractivity contribution in [2.24, 2.45) is 81.3 Å². The van der Waals surface area contributed by atoms with Crippen LogP contribution in [0.5, 0.6) is 0 Å². The second-order valence-corrected chi connectivity index (χ2v) is 31.5. The predicted molar refractivity (Wildman–Crippen MR) is 400 cm³/mol. The van der Waals surface area contributed by atoms with E-state index in [-0.39, 0.29) is 51.8 Å². The van der Waals surface area contributed by atoms with E-state index in [2.05, 4.69) is 83.1 Å². The maximum absolute atomic E-state index is 11.8. The number of alkyl halides is 39. The van der Waals surface area contributed by atoms with Crippen LogP contribution in [0.2, 0.25) is 0 Å². The highest BCUT2D eigenvalue weighted by molar-refractivity contribution is 4.84. The van der Waals surface area contributed by atoms with Crippen LogP contribution in [0.4, 0.5) is 171 Å². The number of hydrogen-bond acceptors (Lipinski definition) is 0. The van der Waals surface area contributed by atoms with Gasteiger partial charge in [0.15, 0.2) is 11.3 Å². The summed E-state index contributed by atoms with van der Waals surface area (Å²) >= 11 is 0. The molecule has 118 heavy (non-hydrogen) atoms. The summed E-state index contributed by atoms with van der Waals surface area (Å²) in [4.78, 5) is 0. The second-order valence-electron chi connectivity index (χ2n) is 31.5. The minimum atomic E-state index is -5.24. The molecule has 39 heteroatoms. The van der Waals surface area contributed by atoms with Gasteiger partial charge in [-0.1, -0.05) is 286 Å². The first-order valence-electron chi connectivity index (χ1n) is 39.6. The average molecular weight is 1840 g/mol. The number of unbranched alkanes of at least 4 members (excludes halogenated alkanes) is 4. The Morgan fingerprint density at radius 3 is 0.576 bits per heavy atom. The third kappa shape index (κ3) is 117. The van der Waals surface area contributed by atoms with Gasteiger partial charge in [0, 0.05) is 27.4 Å². The van der Waals surface area contributed by atoms with Crippen LogP contribution in [0.1, 0.15) is 354 Å². The Hall–Kier alpha value is -2.73. The zero-order valence-corrected chi connectivity index (χ0v) is 75.7. The fraction of sp³-hybridized carbons (Fsp3) is 1.00. The predicted octanol–water partition coefficient (Wildman–Crippen LogP) is 39.5. The third-order valence-corrected chi connectivity index (χ3v) is 15.7. The van der Waals surface area contributed by atoms with E-state index < -0.39 is 158 Å². The maximum atomic E-state index is 11.8. The van der Waals surface area contributed by atoms with Crippen LogP contribution >= 0.6 is 0 Å². The van der Waals surface area contributed by atoms with E-state index in [1.165, 1.54) is 87.0 Å². The van der Waals surface area contributed by atoms with E-state index in [0.717, 1.165) is 85.5 Å². The molecule has 0 aliphatic carbocycles. The maximum Gasteiger partial charge on any atom is 0.402 e. The molecule has 738 valence electrons. The van der Waals surface area contributed by atoms with E-state index in [1.807, 2.05) is 27.7 Å². The first kappa shape index (κ1) is 144. The number of rotatable bonds is 17. The fourth-order valence-electron chi connectivity index (χ4n) is 3.75. The quantitative estimate of drug-likeness (QED) is 0.101. The zero-order valence-electron chi connectivity index (χ0n) is 77.7. The van der Waals surface area contributed by atoms with E-state index in [0.29, 0.717) is 12.8 Å². The van der Waals surface area contributed by atoms with Gasteiger partial charge in [-0.2, -0.15) is 171 Å². The van der Waals surface area contributed by atoms with Crippen LogP contribution in [-0.4, -0.2) is 80.3 Å². The molecule has 0 spiro atoms. The second kappa shape index (κ2) is 70.4. The summed E-state index contributed by atoms with van der Waals surface area (Å²) in [7, 11) is 0. The minimum absolute atomic E-state index is 0.104. The number of hydrogen-bond donors (Lipinski definition) is 0. The Morgan fingerprint density at radius 1 is 0.263 bits per heavy atom. The lowest BCUT2D eigenvalue weighted by molar-refractivity contribution is -0.327. The van der Waals surface area contributed by atoms with E-state index in [1.54, 1.807) is 6.92 Å². The molecule has 3 atom stereocenters. The van der Waals surface area contributed by atoms with Crippen LogP contribution in [0.15, 0.2) is 0 Å². The van der Waals surface area contributed by atoms with Crippen molar-refractivity contribution < 1.29 is 174 Å². The summed E-state index contributed by atoms with van der Waals surface area (Å²) in [5.74, 6) is -7.59. The molecule has 0 saturated carbocycles. The Balaban J connectivity index is -0.0000000763. The molecule has 0 bridgehead atoms. The topological polar surface area (TPSA) is 0 Å². The van der Waals surface area contributed by atoms with Crippen LogP contribution in [-0.2, 0) is 0 Å². The molecule has 0 heterocycles.